The number of aliphatic hydroxyl groups excluding tert-OH is 1. The molecule has 0 spiro atoms. The second-order valence-electron chi connectivity index (χ2n) is 7.21. The van der Waals surface area contributed by atoms with Crippen LogP contribution in [0, 0.1) is 12.8 Å². The minimum absolute atomic E-state index is 0.0997. The Hall–Kier alpha value is -2.27. The lowest BCUT2D eigenvalue weighted by molar-refractivity contribution is -0.121. The molecule has 0 bridgehead atoms. The van der Waals surface area contributed by atoms with E-state index in [1.54, 1.807) is 0 Å². The minimum Gasteiger partial charge on any atom is -0.491 e. The van der Waals surface area contributed by atoms with Gasteiger partial charge in [0.15, 0.2) is 0 Å². The molecule has 1 fully saturated rings. The highest BCUT2D eigenvalue weighted by Gasteiger charge is 2.36. The van der Waals surface area contributed by atoms with Gasteiger partial charge in [-0.05, 0) is 49.1 Å². The molecule has 5 heteroatoms. The van der Waals surface area contributed by atoms with Crippen LogP contribution in [0.25, 0.3) is 0 Å². The number of hydrogen-bond donors (Lipinski definition) is 2. The summed E-state index contributed by atoms with van der Waals surface area (Å²) in [6, 6.07) is 11.6. The Bertz CT molecular complexity index is 739. The first kappa shape index (κ1) is 18.5. The number of aryl methyl sites for hydroxylation is 2. The predicted octanol–water partition coefficient (Wildman–Crippen LogP) is 3.20. The fraction of sp³-hybridized carbons (Fsp3) is 0.476. The Balaban J connectivity index is 1.32. The highest BCUT2D eigenvalue weighted by molar-refractivity contribution is 5.76. The molecule has 140 valence electrons. The van der Waals surface area contributed by atoms with Crippen molar-refractivity contribution >= 4 is 5.91 Å². The summed E-state index contributed by atoms with van der Waals surface area (Å²) in [5, 5.41) is 12.7. The SMILES string of the molecule is Cc1cccc(OCC(O)CNC(=O)CCc2ccc(C3CC3C)o2)c1. The van der Waals surface area contributed by atoms with Crippen molar-refractivity contribution < 1.29 is 19.1 Å². The lowest BCUT2D eigenvalue weighted by Crippen LogP contribution is -2.35. The van der Waals surface area contributed by atoms with Gasteiger partial charge >= 0.3 is 0 Å². The van der Waals surface area contributed by atoms with Crippen molar-refractivity contribution in [3.8, 4) is 5.75 Å². The lowest BCUT2D eigenvalue weighted by Gasteiger charge is -2.13. The van der Waals surface area contributed by atoms with Crippen LogP contribution < -0.4 is 10.1 Å². The van der Waals surface area contributed by atoms with Gasteiger partial charge in [0, 0.05) is 25.3 Å². The molecule has 1 aliphatic carbocycles. The van der Waals surface area contributed by atoms with Gasteiger partial charge < -0.3 is 19.6 Å². The molecule has 1 saturated carbocycles. The first-order valence-electron chi connectivity index (χ1n) is 9.24. The molecule has 0 aliphatic heterocycles. The molecule has 0 radical (unpaired) electrons. The standard InChI is InChI=1S/C21H27NO4/c1-14-4-3-5-18(10-14)25-13-16(23)12-22-21(24)9-7-17-6-8-20(26-17)19-11-15(19)2/h3-6,8,10,15-16,19,23H,7,9,11-13H2,1-2H3,(H,22,24). The van der Waals surface area contributed by atoms with E-state index in [-0.39, 0.29) is 19.1 Å². The van der Waals surface area contributed by atoms with Gasteiger partial charge in [-0.3, -0.25) is 4.79 Å². The predicted molar refractivity (Wildman–Crippen MR) is 99.2 cm³/mol. The minimum atomic E-state index is -0.744. The van der Waals surface area contributed by atoms with Crippen LogP contribution in [0.15, 0.2) is 40.8 Å². The molecule has 1 aliphatic rings. The molecule has 3 rings (SSSR count). The Morgan fingerprint density at radius 1 is 1.38 bits per heavy atom. The summed E-state index contributed by atoms with van der Waals surface area (Å²) < 4.78 is 11.3. The van der Waals surface area contributed by atoms with Gasteiger partial charge in [-0.1, -0.05) is 19.1 Å². The van der Waals surface area contributed by atoms with Crippen LogP contribution in [0.3, 0.4) is 0 Å². The number of ether oxygens (including phenoxy) is 1. The van der Waals surface area contributed by atoms with Gasteiger partial charge in [0.1, 0.15) is 30.0 Å². The molecular weight excluding hydrogens is 330 g/mol. The zero-order chi connectivity index (χ0) is 18.5. The zero-order valence-corrected chi connectivity index (χ0v) is 15.4. The molecule has 1 heterocycles. The summed E-state index contributed by atoms with van der Waals surface area (Å²) in [5.74, 6) is 3.77. The summed E-state index contributed by atoms with van der Waals surface area (Å²) in [5.41, 5.74) is 1.10. The van der Waals surface area contributed by atoms with Crippen molar-refractivity contribution in [2.45, 2.75) is 45.1 Å². The van der Waals surface area contributed by atoms with E-state index in [0.29, 0.717) is 30.4 Å². The Labute approximate surface area is 154 Å². The number of hydrogen-bond acceptors (Lipinski definition) is 4. The molecule has 2 aromatic rings. The summed E-state index contributed by atoms with van der Waals surface area (Å²) in [4.78, 5) is 11.9. The number of carbonyl (C=O) groups excluding carboxylic acids is 1. The fourth-order valence-electron chi connectivity index (χ4n) is 2.96. The van der Waals surface area contributed by atoms with Crippen LogP contribution in [0.1, 0.15) is 42.8 Å². The third-order valence-electron chi connectivity index (χ3n) is 4.72. The summed E-state index contributed by atoms with van der Waals surface area (Å²) >= 11 is 0. The Kier molecular flexibility index (Phi) is 5.99. The highest BCUT2D eigenvalue weighted by Crippen LogP contribution is 2.47. The van der Waals surface area contributed by atoms with Crippen molar-refractivity contribution in [2.24, 2.45) is 5.92 Å². The second kappa shape index (κ2) is 8.41. The highest BCUT2D eigenvalue weighted by atomic mass is 16.5. The van der Waals surface area contributed by atoms with Crippen molar-refractivity contribution in [1.29, 1.82) is 0 Å². The number of nitrogens with one attached hydrogen (secondary N) is 1. The maximum absolute atomic E-state index is 11.9. The van der Waals surface area contributed by atoms with Gasteiger partial charge in [-0.15, -0.1) is 0 Å². The molecule has 5 nitrogen and oxygen atoms in total. The monoisotopic (exact) mass is 357 g/mol. The molecular formula is C21H27NO4. The third kappa shape index (κ3) is 5.36. The number of carbonyl (C=O) groups is 1. The Morgan fingerprint density at radius 2 is 2.19 bits per heavy atom. The smallest absolute Gasteiger partial charge is 0.220 e. The average molecular weight is 357 g/mol. The Morgan fingerprint density at radius 3 is 2.92 bits per heavy atom. The molecule has 3 unspecified atom stereocenters. The van der Waals surface area contributed by atoms with E-state index >= 15 is 0 Å². The molecule has 3 atom stereocenters. The molecule has 0 saturated heterocycles. The van der Waals surface area contributed by atoms with Gasteiger partial charge in [0.2, 0.25) is 5.91 Å². The average Bonchev–Trinajstić information content (AvgIpc) is 3.17. The van der Waals surface area contributed by atoms with E-state index in [1.165, 1.54) is 6.42 Å². The van der Waals surface area contributed by atoms with Crippen molar-refractivity contribution in [3.05, 3.63) is 53.5 Å². The lowest BCUT2D eigenvalue weighted by atomic mass is 10.2. The summed E-state index contributed by atoms with van der Waals surface area (Å²) in [6.07, 6.45) is 1.36. The van der Waals surface area contributed by atoms with E-state index in [4.69, 9.17) is 9.15 Å². The van der Waals surface area contributed by atoms with Gasteiger partial charge in [0.05, 0.1) is 0 Å². The first-order valence-corrected chi connectivity index (χ1v) is 9.24. The number of rotatable bonds is 9. The molecule has 26 heavy (non-hydrogen) atoms. The van der Waals surface area contributed by atoms with Crippen LogP contribution in [0.2, 0.25) is 0 Å². The number of aliphatic hydroxyl groups is 1. The largest absolute Gasteiger partial charge is 0.491 e. The maximum atomic E-state index is 11.9. The second-order valence-corrected chi connectivity index (χ2v) is 7.21. The van der Waals surface area contributed by atoms with Gasteiger partial charge in [-0.25, -0.2) is 0 Å². The normalized spacial score (nSPS) is 19.8. The van der Waals surface area contributed by atoms with Crippen molar-refractivity contribution in [3.63, 3.8) is 0 Å². The number of benzene rings is 1. The fourth-order valence-corrected chi connectivity index (χ4v) is 2.96. The van der Waals surface area contributed by atoms with Gasteiger partial charge in [0.25, 0.3) is 0 Å². The molecule has 1 aromatic heterocycles. The summed E-state index contributed by atoms with van der Waals surface area (Å²) in [7, 11) is 0. The molecule has 1 amide bonds. The van der Waals surface area contributed by atoms with Crippen LogP contribution in [-0.2, 0) is 11.2 Å². The third-order valence-corrected chi connectivity index (χ3v) is 4.72. The van der Waals surface area contributed by atoms with E-state index in [9.17, 15) is 9.90 Å². The maximum Gasteiger partial charge on any atom is 0.220 e. The number of amides is 1. The summed E-state index contributed by atoms with van der Waals surface area (Å²) in [6.45, 7) is 4.52. The van der Waals surface area contributed by atoms with E-state index in [1.807, 2.05) is 43.3 Å². The molecule has 1 aromatic carbocycles. The quantitative estimate of drug-likeness (QED) is 0.723. The topological polar surface area (TPSA) is 71.7 Å². The van der Waals surface area contributed by atoms with Crippen LogP contribution in [-0.4, -0.2) is 30.3 Å². The van der Waals surface area contributed by atoms with E-state index < -0.39 is 6.10 Å². The van der Waals surface area contributed by atoms with Crippen LogP contribution in [0.5, 0.6) is 5.75 Å². The number of furan rings is 1. The van der Waals surface area contributed by atoms with Gasteiger partial charge in [-0.2, -0.15) is 0 Å². The van der Waals surface area contributed by atoms with Crippen molar-refractivity contribution in [2.75, 3.05) is 13.2 Å². The van der Waals surface area contributed by atoms with E-state index in [2.05, 4.69) is 12.2 Å². The zero-order valence-electron chi connectivity index (χ0n) is 15.4. The van der Waals surface area contributed by atoms with Crippen molar-refractivity contribution in [1.82, 2.24) is 5.32 Å². The van der Waals surface area contributed by atoms with Crippen LogP contribution in [0.4, 0.5) is 0 Å². The van der Waals surface area contributed by atoms with Crippen LogP contribution >= 0.6 is 0 Å². The first-order chi connectivity index (χ1) is 12.5. The van der Waals surface area contributed by atoms with E-state index in [0.717, 1.165) is 17.1 Å². The molecule has 2 N–H and O–H groups in total.